The first-order chi connectivity index (χ1) is 4.18. The van der Waals surface area contributed by atoms with Crippen molar-refractivity contribution in [2.75, 3.05) is 6.61 Å². The first-order valence-corrected chi connectivity index (χ1v) is 2.63. The number of nitriles is 1. The molecule has 2 N–H and O–H groups in total. The number of rotatable bonds is 1. The summed E-state index contributed by atoms with van der Waals surface area (Å²) in [7, 11) is 0. The summed E-state index contributed by atoms with van der Waals surface area (Å²) in [6.07, 6.45) is 0. The lowest BCUT2D eigenvalue weighted by Crippen LogP contribution is -1.95. The molecule has 60 valence electrons. The first kappa shape index (κ1) is 16.0. The van der Waals surface area contributed by atoms with Crippen LogP contribution in [0.5, 0.6) is 0 Å². The molecule has 0 radical (unpaired) electrons. The molecule has 0 atom stereocenters. The van der Waals surface area contributed by atoms with Crippen molar-refractivity contribution >= 4 is 5.97 Å². The number of ether oxygens (including phenoxy) is 1. The van der Waals surface area contributed by atoms with Crippen molar-refractivity contribution in [1.82, 2.24) is 0 Å². The van der Waals surface area contributed by atoms with Crippen LogP contribution in [-0.4, -0.2) is 18.1 Å². The Morgan fingerprint density at radius 1 is 1.70 bits per heavy atom. The maximum Gasteiger partial charge on any atom is 0.302 e. The van der Waals surface area contributed by atoms with Crippen LogP contribution in [0.25, 0.3) is 0 Å². The second-order valence-corrected chi connectivity index (χ2v) is 1.15. The molecule has 0 saturated heterocycles. The quantitative estimate of drug-likeness (QED) is 0.499. The molecule has 10 heavy (non-hydrogen) atoms. The number of nitrogens with zero attached hydrogens (tertiary/aromatic N) is 1. The molecule has 0 fully saturated rings. The second kappa shape index (κ2) is 15.7. The molecule has 4 heteroatoms. The van der Waals surface area contributed by atoms with E-state index in [0.29, 0.717) is 6.61 Å². The third-order valence-corrected chi connectivity index (χ3v) is 0.348. The Bertz CT molecular complexity index is 106. The molecule has 0 heterocycles. The summed E-state index contributed by atoms with van der Waals surface area (Å²) >= 11 is 0. The van der Waals surface area contributed by atoms with E-state index in [4.69, 9.17) is 5.26 Å². The lowest BCUT2D eigenvalue weighted by molar-refractivity contribution is -0.140. The molecule has 0 aliphatic heterocycles. The third kappa shape index (κ3) is 65.8. The van der Waals surface area contributed by atoms with Gasteiger partial charge >= 0.3 is 5.97 Å². The van der Waals surface area contributed by atoms with Crippen molar-refractivity contribution in [3.05, 3.63) is 0 Å². The highest BCUT2D eigenvalue weighted by molar-refractivity contribution is 5.65. The highest BCUT2D eigenvalue weighted by Gasteiger charge is 1.81. The van der Waals surface area contributed by atoms with Crippen LogP contribution >= 0.6 is 0 Å². The molecule has 0 saturated carbocycles. The van der Waals surface area contributed by atoms with Gasteiger partial charge in [0.15, 0.2) is 0 Å². The minimum atomic E-state index is -0.211. The standard InChI is InChI=1S/C4H8O2.C2H3N.H2O/c1-3-6-4(2)5;1-2-3;/h3H2,1-2H3;1H3;1H2. The monoisotopic (exact) mass is 147 g/mol. The summed E-state index contributed by atoms with van der Waals surface area (Å²) in [4.78, 5) is 9.82. The second-order valence-electron chi connectivity index (χ2n) is 1.15. The fourth-order valence-electron chi connectivity index (χ4n) is 0.203. The van der Waals surface area contributed by atoms with E-state index in [1.165, 1.54) is 13.8 Å². The van der Waals surface area contributed by atoms with Crippen molar-refractivity contribution < 1.29 is 15.0 Å². The first-order valence-electron chi connectivity index (χ1n) is 2.63. The van der Waals surface area contributed by atoms with Crippen molar-refractivity contribution in [3.8, 4) is 6.07 Å². The minimum absolute atomic E-state index is 0. The Morgan fingerprint density at radius 2 is 2.00 bits per heavy atom. The average Bonchev–Trinajstić information content (AvgIpc) is 1.67. The molecule has 0 rings (SSSR count). The van der Waals surface area contributed by atoms with E-state index >= 15 is 0 Å². The maximum absolute atomic E-state index is 9.82. The van der Waals surface area contributed by atoms with Crippen LogP contribution in [0, 0.1) is 11.3 Å². The lowest BCUT2D eigenvalue weighted by Gasteiger charge is -1.89. The van der Waals surface area contributed by atoms with E-state index < -0.39 is 0 Å². The van der Waals surface area contributed by atoms with Crippen LogP contribution in [0.3, 0.4) is 0 Å². The van der Waals surface area contributed by atoms with E-state index in [1.54, 1.807) is 13.0 Å². The van der Waals surface area contributed by atoms with Gasteiger partial charge in [0, 0.05) is 13.8 Å². The summed E-state index contributed by atoms with van der Waals surface area (Å²) in [5.74, 6) is -0.211. The maximum atomic E-state index is 9.82. The fourth-order valence-corrected chi connectivity index (χ4v) is 0.203. The molecule has 0 unspecified atom stereocenters. The molecule has 0 amide bonds. The smallest absolute Gasteiger partial charge is 0.302 e. The van der Waals surface area contributed by atoms with E-state index in [0.717, 1.165) is 0 Å². The zero-order chi connectivity index (χ0) is 7.70. The van der Waals surface area contributed by atoms with Crippen LogP contribution in [0.1, 0.15) is 20.8 Å². The zero-order valence-corrected chi connectivity index (χ0v) is 6.47. The number of carbonyl (C=O) groups excluding carboxylic acids is 1. The number of esters is 1. The topological polar surface area (TPSA) is 81.6 Å². The highest BCUT2D eigenvalue weighted by atomic mass is 16.5. The van der Waals surface area contributed by atoms with Gasteiger partial charge in [-0.3, -0.25) is 4.79 Å². The Kier molecular flexibility index (Phi) is 25.0. The highest BCUT2D eigenvalue weighted by Crippen LogP contribution is 1.69. The van der Waals surface area contributed by atoms with E-state index in [1.807, 2.05) is 0 Å². The lowest BCUT2D eigenvalue weighted by atomic mass is 10.8. The zero-order valence-electron chi connectivity index (χ0n) is 6.47. The predicted octanol–water partition coefficient (Wildman–Crippen LogP) is 0.275. The molecular formula is C6H13NO3. The van der Waals surface area contributed by atoms with Gasteiger partial charge in [-0.15, -0.1) is 0 Å². The van der Waals surface area contributed by atoms with Crippen LogP contribution in [0.15, 0.2) is 0 Å². The van der Waals surface area contributed by atoms with Crippen LogP contribution in [-0.2, 0) is 9.53 Å². The molecule has 0 aromatic heterocycles. The number of carbonyl (C=O) groups is 1. The van der Waals surface area contributed by atoms with Crippen LogP contribution in [0.4, 0.5) is 0 Å². The Hall–Kier alpha value is -1.08. The summed E-state index contributed by atoms with van der Waals surface area (Å²) in [6.45, 7) is 5.08. The summed E-state index contributed by atoms with van der Waals surface area (Å²) in [5.41, 5.74) is 0. The van der Waals surface area contributed by atoms with Crippen molar-refractivity contribution in [2.45, 2.75) is 20.8 Å². The summed E-state index contributed by atoms with van der Waals surface area (Å²) < 4.78 is 4.40. The van der Waals surface area contributed by atoms with E-state index in [9.17, 15) is 4.79 Å². The van der Waals surface area contributed by atoms with Gasteiger partial charge in [-0.05, 0) is 6.92 Å². The number of hydrogen-bond acceptors (Lipinski definition) is 3. The molecule has 4 nitrogen and oxygen atoms in total. The van der Waals surface area contributed by atoms with Crippen LogP contribution < -0.4 is 0 Å². The van der Waals surface area contributed by atoms with Gasteiger partial charge in [-0.25, -0.2) is 0 Å². The molecule has 0 bridgehead atoms. The van der Waals surface area contributed by atoms with Gasteiger partial charge in [0.05, 0.1) is 12.7 Å². The minimum Gasteiger partial charge on any atom is -0.466 e. The molecule has 0 aromatic carbocycles. The Balaban J connectivity index is -0.000000107. The molecular weight excluding hydrogens is 134 g/mol. The van der Waals surface area contributed by atoms with Crippen molar-refractivity contribution in [1.29, 1.82) is 5.26 Å². The Morgan fingerprint density at radius 3 is 2.00 bits per heavy atom. The van der Waals surface area contributed by atoms with Crippen LogP contribution in [0.2, 0.25) is 0 Å². The normalized spacial score (nSPS) is 5.40. The largest absolute Gasteiger partial charge is 0.466 e. The average molecular weight is 147 g/mol. The van der Waals surface area contributed by atoms with Gasteiger partial charge < -0.3 is 10.2 Å². The van der Waals surface area contributed by atoms with Crippen molar-refractivity contribution in [2.24, 2.45) is 0 Å². The third-order valence-electron chi connectivity index (χ3n) is 0.348. The molecule has 0 aliphatic carbocycles. The molecule has 0 spiro atoms. The van der Waals surface area contributed by atoms with Gasteiger partial charge in [0.25, 0.3) is 0 Å². The number of hydrogen-bond donors (Lipinski definition) is 0. The summed E-state index contributed by atoms with van der Waals surface area (Å²) in [5, 5.41) is 7.32. The fraction of sp³-hybridized carbons (Fsp3) is 0.667. The summed E-state index contributed by atoms with van der Waals surface area (Å²) in [6, 6.07) is 1.75. The SMILES string of the molecule is CC#N.CCOC(C)=O.O. The predicted molar refractivity (Wildman–Crippen MR) is 37.2 cm³/mol. The van der Waals surface area contributed by atoms with E-state index in [-0.39, 0.29) is 11.4 Å². The van der Waals surface area contributed by atoms with Gasteiger partial charge in [0.2, 0.25) is 0 Å². The van der Waals surface area contributed by atoms with Gasteiger partial charge in [-0.1, -0.05) is 0 Å². The molecule has 0 aromatic rings. The Labute approximate surface area is 60.7 Å². The van der Waals surface area contributed by atoms with Gasteiger partial charge in [-0.2, -0.15) is 5.26 Å². The van der Waals surface area contributed by atoms with Gasteiger partial charge in [0.1, 0.15) is 0 Å². The van der Waals surface area contributed by atoms with E-state index in [2.05, 4.69) is 4.74 Å². The molecule has 0 aliphatic rings. The van der Waals surface area contributed by atoms with Crippen molar-refractivity contribution in [3.63, 3.8) is 0 Å².